The lowest BCUT2D eigenvalue weighted by molar-refractivity contribution is 0.938. The first-order valence-corrected chi connectivity index (χ1v) is 9.26. The van der Waals surface area contributed by atoms with E-state index in [1.807, 2.05) is 18.2 Å². The zero-order valence-electron chi connectivity index (χ0n) is 14.8. The summed E-state index contributed by atoms with van der Waals surface area (Å²) in [5.41, 5.74) is 8.66. The van der Waals surface area contributed by atoms with Crippen LogP contribution < -0.4 is 5.43 Å². The van der Waals surface area contributed by atoms with Crippen molar-refractivity contribution in [1.82, 2.24) is 9.97 Å². The molecule has 3 rings (SSSR count). The Kier molecular flexibility index (Phi) is 5.56. The van der Waals surface area contributed by atoms with Gasteiger partial charge in [0.1, 0.15) is 0 Å². The summed E-state index contributed by atoms with van der Waals surface area (Å²) in [6, 6.07) is 12.3. The number of hydrazone groups is 1. The summed E-state index contributed by atoms with van der Waals surface area (Å²) < 4.78 is 0. The minimum Gasteiger partial charge on any atom is -0.255 e. The van der Waals surface area contributed by atoms with E-state index in [4.69, 9.17) is 4.98 Å². The Morgan fingerprint density at radius 1 is 1.20 bits per heavy atom. The fourth-order valence-electron chi connectivity index (χ4n) is 2.69. The lowest BCUT2D eigenvalue weighted by Gasteiger charge is -2.06. The van der Waals surface area contributed by atoms with Crippen molar-refractivity contribution in [2.45, 2.75) is 33.6 Å². The summed E-state index contributed by atoms with van der Waals surface area (Å²) in [7, 11) is 0. The number of pyridine rings is 1. The molecular weight excluding hydrogens is 328 g/mol. The Morgan fingerprint density at radius 2 is 2.08 bits per heavy atom. The fraction of sp³-hybridized carbons (Fsp3) is 0.250. The van der Waals surface area contributed by atoms with E-state index in [-0.39, 0.29) is 0 Å². The second-order valence-corrected chi connectivity index (χ2v) is 7.07. The van der Waals surface area contributed by atoms with Crippen molar-refractivity contribution in [2.24, 2.45) is 5.10 Å². The first-order chi connectivity index (χ1) is 12.2. The van der Waals surface area contributed by atoms with E-state index < -0.39 is 0 Å². The second kappa shape index (κ2) is 8.03. The summed E-state index contributed by atoms with van der Waals surface area (Å²) >= 11 is 1.67. The molecule has 0 aliphatic rings. The molecule has 0 saturated heterocycles. The third-order valence-corrected chi connectivity index (χ3v) is 4.88. The summed E-state index contributed by atoms with van der Waals surface area (Å²) in [5.74, 6) is 0. The Balaban J connectivity index is 1.85. The van der Waals surface area contributed by atoms with Crippen LogP contribution in [0.15, 0.2) is 47.7 Å². The Bertz CT molecular complexity index is 869. The maximum absolute atomic E-state index is 4.79. The van der Waals surface area contributed by atoms with Gasteiger partial charge in [-0.1, -0.05) is 54.5 Å². The van der Waals surface area contributed by atoms with Crippen LogP contribution in [0.2, 0.25) is 0 Å². The number of thiazole rings is 1. The molecule has 0 amide bonds. The minimum absolute atomic E-state index is 0.811. The van der Waals surface area contributed by atoms with Gasteiger partial charge in [0.05, 0.1) is 17.6 Å². The standard InChI is InChI=1S/C20H22N4S/c1-4-7-18-19(17-10-9-14(2)12-15(17)3)23-20(25-18)24-22-13-16-8-5-6-11-21-16/h5-6,8-13H,4,7H2,1-3H3,(H,23,24)/b22-13-. The van der Waals surface area contributed by atoms with Gasteiger partial charge < -0.3 is 0 Å². The molecule has 4 nitrogen and oxygen atoms in total. The van der Waals surface area contributed by atoms with Crippen LogP contribution in [-0.2, 0) is 6.42 Å². The molecule has 0 radical (unpaired) electrons. The highest BCUT2D eigenvalue weighted by molar-refractivity contribution is 7.16. The predicted molar refractivity (Wildman–Crippen MR) is 106 cm³/mol. The van der Waals surface area contributed by atoms with E-state index in [1.165, 1.54) is 21.6 Å². The molecule has 0 aliphatic heterocycles. The Hall–Kier alpha value is -2.53. The first-order valence-electron chi connectivity index (χ1n) is 8.45. The van der Waals surface area contributed by atoms with Crippen molar-refractivity contribution in [1.29, 1.82) is 0 Å². The third kappa shape index (κ3) is 4.31. The molecule has 1 N–H and O–H groups in total. The normalized spacial score (nSPS) is 11.2. The number of rotatable bonds is 6. The SMILES string of the molecule is CCCc1sc(N/N=C\c2ccccn2)nc1-c1ccc(C)cc1C. The molecule has 0 aliphatic carbocycles. The lowest BCUT2D eigenvalue weighted by atomic mass is 10.0. The van der Waals surface area contributed by atoms with Gasteiger partial charge in [0.15, 0.2) is 0 Å². The van der Waals surface area contributed by atoms with Crippen molar-refractivity contribution in [3.05, 3.63) is 64.3 Å². The average molecular weight is 350 g/mol. The molecule has 0 unspecified atom stereocenters. The second-order valence-electron chi connectivity index (χ2n) is 5.98. The molecule has 0 atom stereocenters. The summed E-state index contributed by atoms with van der Waals surface area (Å²) in [6.07, 6.45) is 5.57. The van der Waals surface area contributed by atoms with E-state index in [2.05, 4.69) is 54.5 Å². The number of benzene rings is 1. The van der Waals surface area contributed by atoms with Gasteiger partial charge in [-0.25, -0.2) is 4.98 Å². The molecular formula is C20H22N4S. The van der Waals surface area contributed by atoms with E-state index in [9.17, 15) is 0 Å². The highest BCUT2D eigenvalue weighted by atomic mass is 32.1. The summed E-state index contributed by atoms with van der Waals surface area (Å²) in [6.45, 7) is 6.45. The highest BCUT2D eigenvalue weighted by Crippen LogP contribution is 2.34. The van der Waals surface area contributed by atoms with Gasteiger partial charge in [-0.05, 0) is 38.0 Å². The first kappa shape index (κ1) is 17.3. The summed E-state index contributed by atoms with van der Waals surface area (Å²) in [4.78, 5) is 10.3. The maximum Gasteiger partial charge on any atom is 0.204 e. The van der Waals surface area contributed by atoms with Crippen LogP contribution in [0.4, 0.5) is 5.13 Å². The van der Waals surface area contributed by atoms with E-state index in [0.717, 1.165) is 29.4 Å². The van der Waals surface area contributed by atoms with Crippen molar-refractivity contribution >= 4 is 22.7 Å². The molecule has 3 aromatic rings. The van der Waals surface area contributed by atoms with Gasteiger partial charge in [-0.3, -0.25) is 10.4 Å². The van der Waals surface area contributed by atoms with Crippen molar-refractivity contribution in [3.8, 4) is 11.3 Å². The summed E-state index contributed by atoms with van der Waals surface area (Å²) in [5, 5.41) is 5.08. The van der Waals surface area contributed by atoms with Gasteiger partial charge in [0.2, 0.25) is 5.13 Å². The number of aryl methyl sites for hydroxylation is 3. The quantitative estimate of drug-likeness (QED) is 0.490. The van der Waals surface area contributed by atoms with Gasteiger partial charge in [-0.15, -0.1) is 0 Å². The van der Waals surface area contributed by atoms with E-state index in [1.54, 1.807) is 23.7 Å². The smallest absolute Gasteiger partial charge is 0.204 e. The Morgan fingerprint density at radius 3 is 2.80 bits per heavy atom. The zero-order valence-corrected chi connectivity index (χ0v) is 15.6. The number of anilines is 1. The molecule has 0 saturated carbocycles. The lowest BCUT2D eigenvalue weighted by Crippen LogP contribution is -1.92. The molecule has 0 fully saturated rings. The van der Waals surface area contributed by atoms with Gasteiger partial charge in [0, 0.05) is 16.6 Å². The topological polar surface area (TPSA) is 50.2 Å². The molecule has 128 valence electrons. The number of nitrogens with zero attached hydrogens (tertiary/aromatic N) is 3. The fourth-order valence-corrected chi connectivity index (χ4v) is 3.72. The zero-order chi connectivity index (χ0) is 17.6. The Labute approximate surface area is 152 Å². The van der Waals surface area contributed by atoms with Crippen LogP contribution in [0, 0.1) is 13.8 Å². The van der Waals surface area contributed by atoms with Crippen molar-refractivity contribution in [3.63, 3.8) is 0 Å². The molecule has 5 heteroatoms. The molecule has 25 heavy (non-hydrogen) atoms. The number of aromatic nitrogens is 2. The van der Waals surface area contributed by atoms with Gasteiger partial charge in [-0.2, -0.15) is 5.10 Å². The van der Waals surface area contributed by atoms with Crippen LogP contribution in [-0.4, -0.2) is 16.2 Å². The van der Waals surface area contributed by atoms with Crippen LogP contribution in [0.3, 0.4) is 0 Å². The number of nitrogens with one attached hydrogen (secondary N) is 1. The number of hydrogen-bond acceptors (Lipinski definition) is 5. The van der Waals surface area contributed by atoms with Crippen LogP contribution in [0.5, 0.6) is 0 Å². The van der Waals surface area contributed by atoms with Gasteiger partial charge in [0.25, 0.3) is 0 Å². The highest BCUT2D eigenvalue weighted by Gasteiger charge is 2.14. The van der Waals surface area contributed by atoms with E-state index in [0.29, 0.717) is 0 Å². The molecule has 0 spiro atoms. The number of hydrogen-bond donors (Lipinski definition) is 1. The molecule has 2 heterocycles. The van der Waals surface area contributed by atoms with Crippen LogP contribution >= 0.6 is 11.3 Å². The van der Waals surface area contributed by atoms with Crippen molar-refractivity contribution in [2.75, 3.05) is 5.43 Å². The van der Waals surface area contributed by atoms with Crippen LogP contribution in [0.25, 0.3) is 11.3 Å². The van der Waals surface area contributed by atoms with E-state index >= 15 is 0 Å². The molecule has 2 aromatic heterocycles. The average Bonchev–Trinajstić information content (AvgIpc) is 2.99. The molecule has 0 bridgehead atoms. The van der Waals surface area contributed by atoms with Gasteiger partial charge >= 0.3 is 0 Å². The monoisotopic (exact) mass is 350 g/mol. The van der Waals surface area contributed by atoms with Crippen molar-refractivity contribution < 1.29 is 0 Å². The maximum atomic E-state index is 4.79. The predicted octanol–water partition coefficient (Wildman–Crippen LogP) is 5.22. The molecule has 1 aromatic carbocycles. The third-order valence-electron chi connectivity index (χ3n) is 3.86. The minimum atomic E-state index is 0.811. The van der Waals surface area contributed by atoms with Crippen LogP contribution in [0.1, 0.15) is 35.0 Å². The largest absolute Gasteiger partial charge is 0.255 e.